The molecule has 9 heteroatoms. The lowest BCUT2D eigenvalue weighted by atomic mass is 10.1. The smallest absolute Gasteiger partial charge is 0.332 e. The first-order valence-corrected chi connectivity index (χ1v) is 9.70. The molecule has 2 aromatic rings. The Kier molecular flexibility index (Phi) is 6.43. The second-order valence-electron chi connectivity index (χ2n) is 7.30. The van der Waals surface area contributed by atoms with Gasteiger partial charge in [-0.1, -0.05) is 0 Å². The Balaban J connectivity index is 1.82. The first-order valence-electron chi connectivity index (χ1n) is 9.70. The fourth-order valence-corrected chi connectivity index (χ4v) is 3.47. The summed E-state index contributed by atoms with van der Waals surface area (Å²) in [6.07, 6.45) is -0.236. The zero-order chi connectivity index (χ0) is 22.7. The van der Waals surface area contributed by atoms with Crippen molar-refractivity contribution in [2.75, 3.05) is 24.4 Å². The number of anilines is 2. The third-order valence-corrected chi connectivity index (χ3v) is 4.91. The van der Waals surface area contributed by atoms with Gasteiger partial charge in [0.2, 0.25) is 5.91 Å². The number of halogens is 1. The SMILES string of the molecule is COc1cc(NC(=O)C[C@H]2C(=O)N(c3ccc(F)cc3)C(=O)N2C(C)C)cc(OC)c1. The molecule has 0 aromatic heterocycles. The Morgan fingerprint density at radius 1 is 1.06 bits per heavy atom. The number of methoxy groups -OCH3 is 2. The van der Waals surface area contributed by atoms with Crippen molar-refractivity contribution >= 4 is 29.2 Å². The number of hydrogen-bond donors (Lipinski definition) is 1. The molecule has 0 unspecified atom stereocenters. The number of rotatable bonds is 7. The fraction of sp³-hybridized carbons (Fsp3) is 0.318. The van der Waals surface area contributed by atoms with Crippen molar-refractivity contribution in [1.29, 1.82) is 0 Å². The van der Waals surface area contributed by atoms with Gasteiger partial charge in [0.15, 0.2) is 0 Å². The molecule has 3 rings (SSSR count). The van der Waals surface area contributed by atoms with Gasteiger partial charge in [0.25, 0.3) is 5.91 Å². The number of carbonyl (C=O) groups is 3. The highest BCUT2D eigenvalue weighted by Crippen LogP contribution is 2.30. The minimum atomic E-state index is -0.981. The van der Waals surface area contributed by atoms with E-state index in [9.17, 15) is 18.8 Å². The highest BCUT2D eigenvalue weighted by Gasteiger charge is 2.47. The molecule has 2 aromatic carbocycles. The van der Waals surface area contributed by atoms with Crippen molar-refractivity contribution in [2.24, 2.45) is 0 Å². The van der Waals surface area contributed by atoms with Crippen LogP contribution in [-0.4, -0.2) is 49.0 Å². The number of ether oxygens (including phenoxy) is 2. The molecular weight excluding hydrogens is 405 g/mol. The topological polar surface area (TPSA) is 88.2 Å². The van der Waals surface area contributed by atoms with Crippen molar-refractivity contribution in [3.05, 3.63) is 48.3 Å². The van der Waals surface area contributed by atoms with Gasteiger partial charge in [-0.15, -0.1) is 0 Å². The third kappa shape index (κ3) is 4.60. The van der Waals surface area contributed by atoms with Crippen LogP contribution in [0.4, 0.5) is 20.6 Å². The number of hydrogen-bond acceptors (Lipinski definition) is 5. The molecule has 0 radical (unpaired) electrons. The number of imide groups is 1. The molecular formula is C22H24FN3O5. The van der Waals surface area contributed by atoms with Gasteiger partial charge in [0.1, 0.15) is 23.4 Å². The van der Waals surface area contributed by atoms with Gasteiger partial charge in [-0.05, 0) is 38.1 Å². The van der Waals surface area contributed by atoms with Crippen LogP contribution in [0.5, 0.6) is 11.5 Å². The molecule has 1 heterocycles. The molecule has 1 aliphatic heterocycles. The quantitative estimate of drug-likeness (QED) is 0.682. The molecule has 164 valence electrons. The lowest BCUT2D eigenvalue weighted by Crippen LogP contribution is -2.42. The average Bonchev–Trinajstić information content (AvgIpc) is 2.97. The monoisotopic (exact) mass is 429 g/mol. The van der Waals surface area contributed by atoms with E-state index in [4.69, 9.17) is 9.47 Å². The van der Waals surface area contributed by atoms with E-state index in [0.717, 1.165) is 4.90 Å². The second-order valence-corrected chi connectivity index (χ2v) is 7.30. The van der Waals surface area contributed by atoms with Gasteiger partial charge in [0, 0.05) is 29.9 Å². The Morgan fingerprint density at radius 2 is 1.65 bits per heavy atom. The summed E-state index contributed by atoms with van der Waals surface area (Å²) in [5.41, 5.74) is 0.687. The normalized spacial score (nSPS) is 16.1. The number of nitrogens with zero attached hydrogens (tertiary/aromatic N) is 2. The summed E-state index contributed by atoms with van der Waals surface area (Å²) in [4.78, 5) is 41.0. The van der Waals surface area contributed by atoms with Crippen LogP contribution < -0.4 is 19.7 Å². The molecule has 1 atom stereocenters. The van der Waals surface area contributed by atoms with Crippen molar-refractivity contribution in [3.8, 4) is 11.5 Å². The summed E-state index contributed by atoms with van der Waals surface area (Å²) in [7, 11) is 2.99. The van der Waals surface area contributed by atoms with Crippen LogP contribution in [0.1, 0.15) is 20.3 Å². The third-order valence-electron chi connectivity index (χ3n) is 4.91. The minimum Gasteiger partial charge on any atom is -0.497 e. The molecule has 1 saturated heterocycles. The molecule has 8 nitrogen and oxygen atoms in total. The van der Waals surface area contributed by atoms with Crippen LogP contribution in [0, 0.1) is 5.82 Å². The Hall–Kier alpha value is -3.62. The maximum atomic E-state index is 13.3. The zero-order valence-electron chi connectivity index (χ0n) is 17.7. The predicted molar refractivity (Wildman–Crippen MR) is 113 cm³/mol. The van der Waals surface area contributed by atoms with Crippen LogP contribution in [0.25, 0.3) is 0 Å². The van der Waals surface area contributed by atoms with E-state index in [1.54, 1.807) is 32.0 Å². The number of carbonyl (C=O) groups excluding carboxylic acids is 3. The van der Waals surface area contributed by atoms with Gasteiger partial charge in [-0.25, -0.2) is 14.1 Å². The van der Waals surface area contributed by atoms with Gasteiger partial charge in [-0.3, -0.25) is 9.59 Å². The predicted octanol–water partition coefficient (Wildman–Crippen LogP) is 3.42. The highest BCUT2D eigenvalue weighted by atomic mass is 19.1. The summed E-state index contributed by atoms with van der Waals surface area (Å²) < 4.78 is 23.7. The zero-order valence-corrected chi connectivity index (χ0v) is 17.7. The summed E-state index contributed by atoms with van der Waals surface area (Å²) >= 11 is 0. The van der Waals surface area contributed by atoms with Crippen molar-refractivity contribution < 1.29 is 28.2 Å². The first kappa shape index (κ1) is 22.1. The van der Waals surface area contributed by atoms with E-state index < -0.39 is 29.7 Å². The molecule has 4 amide bonds. The molecule has 0 saturated carbocycles. The molecule has 1 aliphatic rings. The fourth-order valence-electron chi connectivity index (χ4n) is 3.47. The second kappa shape index (κ2) is 9.03. The Bertz CT molecular complexity index is 971. The lowest BCUT2D eigenvalue weighted by molar-refractivity contribution is -0.124. The molecule has 0 aliphatic carbocycles. The standard InChI is InChI=1S/C22H24FN3O5/c1-13(2)25-19(21(28)26(22(25)29)16-7-5-14(23)6-8-16)12-20(27)24-15-9-17(30-3)11-18(10-15)31-4/h5-11,13,19H,12H2,1-4H3,(H,24,27)/t19-/m0/s1. The van der Waals surface area contributed by atoms with Crippen LogP contribution in [0.2, 0.25) is 0 Å². The van der Waals surface area contributed by atoms with E-state index in [0.29, 0.717) is 17.2 Å². The summed E-state index contributed by atoms with van der Waals surface area (Å²) in [5, 5.41) is 2.72. The summed E-state index contributed by atoms with van der Waals surface area (Å²) in [5.74, 6) is -0.480. The summed E-state index contributed by atoms with van der Waals surface area (Å²) in [6.45, 7) is 3.52. The van der Waals surface area contributed by atoms with Gasteiger partial charge in [-0.2, -0.15) is 0 Å². The van der Waals surface area contributed by atoms with Crippen LogP contribution in [0.15, 0.2) is 42.5 Å². The lowest BCUT2D eigenvalue weighted by Gasteiger charge is -2.25. The van der Waals surface area contributed by atoms with Crippen LogP contribution in [-0.2, 0) is 9.59 Å². The maximum absolute atomic E-state index is 13.3. The average molecular weight is 429 g/mol. The van der Waals surface area contributed by atoms with E-state index in [1.807, 2.05) is 0 Å². The molecule has 0 spiro atoms. The van der Waals surface area contributed by atoms with E-state index >= 15 is 0 Å². The Morgan fingerprint density at radius 3 is 2.16 bits per heavy atom. The first-order chi connectivity index (χ1) is 14.7. The van der Waals surface area contributed by atoms with Crippen LogP contribution in [0.3, 0.4) is 0 Å². The Labute approximate surface area is 179 Å². The number of nitrogens with one attached hydrogen (secondary N) is 1. The summed E-state index contributed by atoms with van der Waals surface area (Å²) in [6, 6.07) is 8.10. The molecule has 1 N–H and O–H groups in total. The largest absolute Gasteiger partial charge is 0.497 e. The van der Waals surface area contributed by atoms with E-state index in [-0.39, 0.29) is 18.2 Å². The maximum Gasteiger partial charge on any atom is 0.332 e. The van der Waals surface area contributed by atoms with Crippen LogP contribution >= 0.6 is 0 Å². The number of benzene rings is 2. The van der Waals surface area contributed by atoms with E-state index in [2.05, 4.69) is 5.32 Å². The van der Waals surface area contributed by atoms with Gasteiger partial charge < -0.3 is 19.7 Å². The van der Waals surface area contributed by atoms with Gasteiger partial charge >= 0.3 is 6.03 Å². The molecule has 1 fully saturated rings. The van der Waals surface area contributed by atoms with Crippen molar-refractivity contribution in [2.45, 2.75) is 32.4 Å². The molecule has 31 heavy (non-hydrogen) atoms. The van der Waals surface area contributed by atoms with E-state index in [1.165, 1.54) is 43.4 Å². The highest BCUT2D eigenvalue weighted by molar-refractivity contribution is 6.22. The number of urea groups is 1. The van der Waals surface area contributed by atoms with Crippen molar-refractivity contribution in [3.63, 3.8) is 0 Å². The molecule has 0 bridgehead atoms. The van der Waals surface area contributed by atoms with Gasteiger partial charge in [0.05, 0.1) is 26.3 Å². The van der Waals surface area contributed by atoms with Crippen molar-refractivity contribution in [1.82, 2.24) is 4.90 Å². The number of amides is 4. The minimum absolute atomic E-state index is 0.236.